The molecule has 1 rings (SSSR count). The van der Waals surface area contributed by atoms with Crippen molar-refractivity contribution in [3.05, 3.63) is 0 Å². The SMILES string of the molecule is CCC1(CNC(=O)OCCO)CCC1. The van der Waals surface area contributed by atoms with Crippen LogP contribution in [0.15, 0.2) is 0 Å². The summed E-state index contributed by atoms with van der Waals surface area (Å²) in [7, 11) is 0. The number of aliphatic hydroxyl groups excluding tert-OH is 1. The van der Waals surface area contributed by atoms with E-state index in [1.165, 1.54) is 19.3 Å². The molecule has 1 amide bonds. The van der Waals surface area contributed by atoms with Gasteiger partial charge in [-0.05, 0) is 24.7 Å². The predicted molar refractivity (Wildman–Crippen MR) is 53.0 cm³/mol. The van der Waals surface area contributed by atoms with Gasteiger partial charge < -0.3 is 15.2 Å². The molecule has 1 aliphatic carbocycles. The molecule has 0 aromatic carbocycles. The smallest absolute Gasteiger partial charge is 0.407 e. The molecule has 0 bridgehead atoms. The minimum atomic E-state index is -0.418. The molecule has 2 N–H and O–H groups in total. The largest absolute Gasteiger partial charge is 0.447 e. The fourth-order valence-corrected chi connectivity index (χ4v) is 1.78. The van der Waals surface area contributed by atoms with Gasteiger partial charge >= 0.3 is 6.09 Å². The van der Waals surface area contributed by atoms with Crippen LogP contribution < -0.4 is 5.32 Å². The van der Waals surface area contributed by atoms with Crippen LogP contribution in [0.4, 0.5) is 4.79 Å². The van der Waals surface area contributed by atoms with Crippen LogP contribution in [0.3, 0.4) is 0 Å². The van der Waals surface area contributed by atoms with Gasteiger partial charge in [-0.3, -0.25) is 0 Å². The van der Waals surface area contributed by atoms with E-state index in [-0.39, 0.29) is 13.2 Å². The lowest BCUT2D eigenvalue weighted by Crippen LogP contribution is -2.42. The Morgan fingerprint density at radius 1 is 1.57 bits per heavy atom. The number of amides is 1. The molecule has 1 aliphatic rings. The maximum absolute atomic E-state index is 11.1. The summed E-state index contributed by atoms with van der Waals surface area (Å²) in [5.74, 6) is 0. The zero-order valence-electron chi connectivity index (χ0n) is 8.71. The summed E-state index contributed by atoms with van der Waals surface area (Å²) in [6.45, 7) is 2.81. The molecule has 14 heavy (non-hydrogen) atoms. The Bertz CT molecular complexity index is 184. The highest BCUT2D eigenvalue weighted by Crippen LogP contribution is 2.42. The minimum Gasteiger partial charge on any atom is -0.447 e. The first-order chi connectivity index (χ1) is 6.72. The summed E-state index contributed by atoms with van der Waals surface area (Å²) in [6.07, 6.45) is 4.35. The fourth-order valence-electron chi connectivity index (χ4n) is 1.78. The number of aliphatic hydroxyl groups is 1. The van der Waals surface area contributed by atoms with Crippen LogP contribution in [0.1, 0.15) is 32.6 Å². The van der Waals surface area contributed by atoms with E-state index in [0.29, 0.717) is 12.0 Å². The lowest BCUT2D eigenvalue weighted by atomic mass is 9.67. The Balaban J connectivity index is 2.15. The Labute approximate surface area is 84.6 Å². The molecule has 1 fully saturated rings. The van der Waals surface area contributed by atoms with E-state index < -0.39 is 6.09 Å². The third-order valence-corrected chi connectivity index (χ3v) is 3.10. The van der Waals surface area contributed by atoms with Crippen LogP contribution in [-0.2, 0) is 4.74 Å². The van der Waals surface area contributed by atoms with Crippen LogP contribution >= 0.6 is 0 Å². The molecule has 0 aromatic rings. The first-order valence-electron chi connectivity index (χ1n) is 5.24. The maximum Gasteiger partial charge on any atom is 0.407 e. The highest BCUT2D eigenvalue weighted by atomic mass is 16.6. The lowest BCUT2D eigenvalue weighted by Gasteiger charge is -2.41. The zero-order chi connectivity index (χ0) is 10.4. The van der Waals surface area contributed by atoms with Gasteiger partial charge in [-0.2, -0.15) is 0 Å². The molecular formula is C10H19NO3. The lowest BCUT2D eigenvalue weighted by molar-refractivity contribution is 0.0956. The first kappa shape index (κ1) is 11.3. The van der Waals surface area contributed by atoms with Crippen molar-refractivity contribution in [2.75, 3.05) is 19.8 Å². The monoisotopic (exact) mass is 201 g/mol. The zero-order valence-corrected chi connectivity index (χ0v) is 8.71. The van der Waals surface area contributed by atoms with Crippen LogP contribution in [0, 0.1) is 5.41 Å². The van der Waals surface area contributed by atoms with Gasteiger partial charge in [0.2, 0.25) is 0 Å². The summed E-state index contributed by atoms with van der Waals surface area (Å²) in [4.78, 5) is 11.1. The number of carbonyl (C=O) groups is 1. The Hall–Kier alpha value is -0.770. The normalized spacial score (nSPS) is 18.4. The van der Waals surface area contributed by atoms with Crippen molar-refractivity contribution in [1.29, 1.82) is 0 Å². The molecule has 4 nitrogen and oxygen atoms in total. The van der Waals surface area contributed by atoms with Gasteiger partial charge in [0.05, 0.1) is 6.61 Å². The maximum atomic E-state index is 11.1. The average molecular weight is 201 g/mol. The fraction of sp³-hybridized carbons (Fsp3) is 0.900. The van der Waals surface area contributed by atoms with Crippen molar-refractivity contribution in [2.24, 2.45) is 5.41 Å². The average Bonchev–Trinajstić information content (AvgIpc) is 2.14. The van der Waals surface area contributed by atoms with E-state index in [1.54, 1.807) is 0 Å². The van der Waals surface area contributed by atoms with Crippen molar-refractivity contribution < 1.29 is 14.6 Å². The van der Waals surface area contributed by atoms with E-state index in [0.717, 1.165) is 6.42 Å². The molecule has 1 saturated carbocycles. The Morgan fingerprint density at radius 3 is 2.71 bits per heavy atom. The number of ether oxygens (including phenoxy) is 1. The number of nitrogens with one attached hydrogen (secondary N) is 1. The van der Waals surface area contributed by atoms with E-state index in [4.69, 9.17) is 9.84 Å². The van der Waals surface area contributed by atoms with Crippen LogP contribution in [-0.4, -0.2) is 31.0 Å². The molecule has 0 saturated heterocycles. The highest BCUT2D eigenvalue weighted by molar-refractivity contribution is 5.67. The third kappa shape index (κ3) is 2.87. The predicted octanol–water partition coefficient (Wildman–Crippen LogP) is 1.29. The molecule has 0 spiro atoms. The molecule has 0 unspecified atom stereocenters. The van der Waals surface area contributed by atoms with Gasteiger partial charge in [0.25, 0.3) is 0 Å². The van der Waals surface area contributed by atoms with Crippen LogP contribution in [0.2, 0.25) is 0 Å². The summed E-state index contributed by atoms with van der Waals surface area (Å²) in [6, 6.07) is 0. The quantitative estimate of drug-likeness (QED) is 0.704. The summed E-state index contributed by atoms with van der Waals surface area (Å²) in [5, 5.41) is 11.2. The van der Waals surface area contributed by atoms with Gasteiger partial charge in [0.15, 0.2) is 0 Å². The molecule has 4 heteroatoms. The summed E-state index contributed by atoms with van der Waals surface area (Å²) in [5.41, 5.74) is 0.318. The van der Waals surface area contributed by atoms with Crippen molar-refractivity contribution in [1.82, 2.24) is 5.32 Å². The second-order valence-electron chi connectivity index (χ2n) is 3.92. The first-order valence-corrected chi connectivity index (χ1v) is 5.24. The van der Waals surface area contributed by atoms with E-state index in [2.05, 4.69) is 12.2 Å². The molecule has 82 valence electrons. The van der Waals surface area contributed by atoms with Gasteiger partial charge in [0, 0.05) is 6.54 Å². The topological polar surface area (TPSA) is 58.6 Å². The van der Waals surface area contributed by atoms with Crippen molar-refractivity contribution >= 4 is 6.09 Å². The molecule has 0 atom stereocenters. The number of alkyl carbamates (subject to hydrolysis) is 1. The Morgan fingerprint density at radius 2 is 2.29 bits per heavy atom. The standard InChI is InChI=1S/C10H19NO3/c1-2-10(4-3-5-10)8-11-9(13)14-7-6-12/h12H,2-8H2,1H3,(H,11,13). The van der Waals surface area contributed by atoms with Gasteiger partial charge in [-0.15, -0.1) is 0 Å². The second kappa shape index (κ2) is 5.20. The van der Waals surface area contributed by atoms with Gasteiger partial charge in [-0.25, -0.2) is 4.79 Å². The molecule has 0 aliphatic heterocycles. The third-order valence-electron chi connectivity index (χ3n) is 3.10. The Kier molecular flexibility index (Phi) is 4.20. The number of hydrogen-bond acceptors (Lipinski definition) is 3. The molecule has 0 radical (unpaired) electrons. The summed E-state index contributed by atoms with van der Waals surface area (Å²) >= 11 is 0. The number of rotatable bonds is 5. The minimum absolute atomic E-state index is 0.0744. The van der Waals surface area contributed by atoms with E-state index >= 15 is 0 Å². The van der Waals surface area contributed by atoms with Crippen molar-refractivity contribution in [3.63, 3.8) is 0 Å². The number of hydrogen-bond donors (Lipinski definition) is 2. The van der Waals surface area contributed by atoms with Crippen LogP contribution in [0.5, 0.6) is 0 Å². The van der Waals surface area contributed by atoms with E-state index in [9.17, 15) is 4.79 Å². The molecule has 0 aromatic heterocycles. The van der Waals surface area contributed by atoms with Gasteiger partial charge in [0.1, 0.15) is 6.61 Å². The summed E-state index contributed by atoms with van der Waals surface area (Å²) < 4.78 is 4.70. The number of carbonyl (C=O) groups excluding carboxylic acids is 1. The van der Waals surface area contributed by atoms with Gasteiger partial charge in [-0.1, -0.05) is 13.3 Å². The second-order valence-corrected chi connectivity index (χ2v) is 3.92. The molecular weight excluding hydrogens is 182 g/mol. The van der Waals surface area contributed by atoms with Crippen molar-refractivity contribution in [3.8, 4) is 0 Å². The van der Waals surface area contributed by atoms with Crippen LogP contribution in [0.25, 0.3) is 0 Å². The molecule has 0 heterocycles. The van der Waals surface area contributed by atoms with E-state index in [1.807, 2.05) is 0 Å². The highest BCUT2D eigenvalue weighted by Gasteiger charge is 2.35. The van der Waals surface area contributed by atoms with Crippen molar-refractivity contribution in [2.45, 2.75) is 32.6 Å².